The van der Waals surface area contributed by atoms with Crippen LogP contribution >= 0.6 is 0 Å². The number of aryl methyl sites for hydroxylation is 1. The van der Waals surface area contributed by atoms with Crippen molar-refractivity contribution >= 4 is 22.6 Å². The zero-order valence-corrected chi connectivity index (χ0v) is 14.5. The van der Waals surface area contributed by atoms with Crippen molar-refractivity contribution < 1.29 is 4.79 Å². The highest BCUT2D eigenvalue weighted by atomic mass is 16.2. The van der Waals surface area contributed by atoms with E-state index in [0.29, 0.717) is 5.82 Å². The van der Waals surface area contributed by atoms with Crippen LogP contribution in [-0.4, -0.2) is 15.5 Å². The van der Waals surface area contributed by atoms with Crippen molar-refractivity contribution in [2.75, 3.05) is 5.32 Å². The summed E-state index contributed by atoms with van der Waals surface area (Å²) in [5.41, 5.74) is 4.10. The second kappa shape index (κ2) is 6.84. The number of pyridine rings is 1. The van der Waals surface area contributed by atoms with E-state index >= 15 is 0 Å². The van der Waals surface area contributed by atoms with Crippen molar-refractivity contribution in [2.24, 2.45) is 0 Å². The molecule has 4 rings (SSSR count). The SMILES string of the molecule is Cc1cccnc1NC(=O)Cn1c(-c2ccccc2)cc2ccccc21. The molecule has 128 valence electrons. The van der Waals surface area contributed by atoms with E-state index in [1.807, 2.05) is 55.5 Å². The van der Waals surface area contributed by atoms with Gasteiger partial charge in [0.15, 0.2) is 0 Å². The lowest BCUT2D eigenvalue weighted by atomic mass is 10.1. The number of aromatic nitrogens is 2. The number of hydrogen-bond donors (Lipinski definition) is 1. The zero-order chi connectivity index (χ0) is 17.9. The van der Waals surface area contributed by atoms with Gasteiger partial charge >= 0.3 is 0 Å². The second-order valence-electron chi connectivity index (χ2n) is 6.26. The molecule has 26 heavy (non-hydrogen) atoms. The summed E-state index contributed by atoms with van der Waals surface area (Å²) >= 11 is 0. The Balaban J connectivity index is 1.71. The number of carbonyl (C=O) groups is 1. The molecule has 0 fully saturated rings. The summed E-state index contributed by atoms with van der Waals surface area (Å²) in [6.45, 7) is 2.16. The average molecular weight is 341 g/mol. The van der Waals surface area contributed by atoms with Crippen LogP contribution in [0.3, 0.4) is 0 Å². The van der Waals surface area contributed by atoms with Gasteiger partial charge in [0.05, 0.1) is 0 Å². The molecule has 1 amide bonds. The summed E-state index contributed by atoms with van der Waals surface area (Å²) in [4.78, 5) is 16.9. The average Bonchev–Trinajstić information content (AvgIpc) is 3.03. The minimum atomic E-state index is -0.0923. The largest absolute Gasteiger partial charge is 0.331 e. The summed E-state index contributed by atoms with van der Waals surface area (Å²) < 4.78 is 2.05. The van der Waals surface area contributed by atoms with Gasteiger partial charge in [-0.1, -0.05) is 54.6 Å². The van der Waals surface area contributed by atoms with Crippen LogP contribution in [0.1, 0.15) is 5.56 Å². The highest BCUT2D eigenvalue weighted by molar-refractivity contribution is 5.94. The van der Waals surface area contributed by atoms with E-state index in [-0.39, 0.29) is 12.5 Å². The van der Waals surface area contributed by atoms with E-state index < -0.39 is 0 Å². The van der Waals surface area contributed by atoms with Gasteiger partial charge in [0, 0.05) is 22.8 Å². The molecule has 4 aromatic rings. The molecule has 0 aliphatic heterocycles. The fourth-order valence-corrected chi connectivity index (χ4v) is 3.16. The Labute approximate surface area is 152 Å². The predicted molar refractivity (Wildman–Crippen MR) is 105 cm³/mol. The monoisotopic (exact) mass is 341 g/mol. The van der Waals surface area contributed by atoms with Crippen molar-refractivity contribution in [1.29, 1.82) is 0 Å². The van der Waals surface area contributed by atoms with Crippen molar-refractivity contribution in [1.82, 2.24) is 9.55 Å². The Kier molecular flexibility index (Phi) is 4.23. The molecule has 4 heteroatoms. The Bertz CT molecular complexity index is 1070. The molecule has 0 radical (unpaired) electrons. The quantitative estimate of drug-likeness (QED) is 0.587. The molecule has 0 aliphatic rings. The highest BCUT2D eigenvalue weighted by Gasteiger charge is 2.14. The van der Waals surface area contributed by atoms with Gasteiger partial charge in [-0.05, 0) is 36.2 Å². The Hall–Kier alpha value is -3.40. The van der Waals surface area contributed by atoms with Crippen LogP contribution < -0.4 is 5.32 Å². The molecule has 1 N–H and O–H groups in total. The molecule has 4 nitrogen and oxygen atoms in total. The van der Waals surface area contributed by atoms with Crippen LogP contribution in [0.25, 0.3) is 22.2 Å². The van der Waals surface area contributed by atoms with Crippen LogP contribution in [0.5, 0.6) is 0 Å². The third-order valence-corrected chi connectivity index (χ3v) is 4.45. The molecule has 0 atom stereocenters. The number of amides is 1. The van der Waals surface area contributed by atoms with Gasteiger partial charge in [-0.25, -0.2) is 4.98 Å². The molecule has 2 aromatic carbocycles. The van der Waals surface area contributed by atoms with Gasteiger partial charge in [0.2, 0.25) is 5.91 Å². The molecule has 2 heterocycles. The van der Waals surface area contributed by atoms with Gasteiger partial charge in [0.1, 0.15) is 12.4 Å². The first kappa shape index (κ1) is 16.1. The van der Waals surface area contributed by atoms with E-state index in [1.165, 1.54) is 0 Å². The molecule has 0 saturated heterocycles. The summed E-state index contributed by atoms with van der Waals surface area (Å²) in [6.07, 6.45) is 1.68. The zero-order valence-electron chi connectivity index (χ0n) is 14.5. The van der Waals surface area contributed by atoms with Gasteiger partial charge in [-0.3, -0.25) is 4.79 Å². The number of para-hydroxylation sites is 1. The molecule has 0 bridgehead atoms. The first-order chi connectivity index (χ1) is 12.7. The van der Waals surface area contributed by atoms with Crippen molar-refractivity contribution in [3.8, 4) is 11.3 Å². The Morgan fingerprint density at radius 3 is 2.58 bits per heavy atom. The standard InChI is InChI=1S/C22H19N3O/c1-16-8-7-13-23-22(16)24-21(26)15-25-19-12-6-5-11-18(19)14-20(25)17-9-3-2-4-10-17/h2-14H,15H2,1H3,(H,23,24,26). The number of nitrogens with zero attached hydrogens (tertiary/aromatic N) is 2. The number of rotatable bonds is 4. The van der Waals surface area contributed by atoms with Gasteiger partial charge in [-0.2, -0.15) is 0 Å². The lowest BCUT2D eigenvalue weighted by Gasteiger charge is -2.12. The maximum atomic E-state index is 12.7. The number of carbonyl (C=O) groups excluding carboxylic acids is 1. The number of benzene rings is 2. The van der Waals surface area contributed by atoms with E-state index in [9.17, 15) is 4.79 Å². The summed E-state index contributed by atoms with van der Waals surface area (Å²) in [5.74, 6) is 0.514. The molecule has 0 unspecified atom stereocenters. The third-order valence-electron chi connectivity index (χ3n) is 4.45. The van der Waals surface area contributed by atoms with E-state index in [1.54, 1.807) is 6.20 Å². The van der Waals surface area contributed by atoms with Crippen molar-refractivity contribution in [2.45, 2.75) is 13.5 Å². The van der Waals surface area contributed by atoms with Gasteiger partial charge < -0.3 is 9.88 Å². The first-order valence-electron chi connectivity index (χ1n) is 8.57. The molecular formula is C22H19N3O. The normalized spacial score (nSPS) is 10.8. The summed E-state index contributed by atoms with van der Waals surface area (Å²) in [6, 6.07) is 24.2. The first-order valence-corrected chi connectivity index (χ1v) is 8.57. The minimum absolute atomic E-state index is 0.0923. The number of anilines is 1. The topological polar surface area (TPSA) is 46.9 Å². The van der Waals surface area contributed by atoms with E-state index in [2.05, 4.69) is 39.1 Å². The van der Waals surface area contributed by atoms with Crippen molar-refractivity contribution in [3.05, 3.63) is 84.6 Å². The molecular weight excluding hydrogens is 322 g/mol. The fraction of sp³-hybridized carbons (Fsp3) is 0.0909. The Morgan fingerprint density at radius 2 is 1.77 bits per heavy atom. The van der Waals surface area contributed by atoms with Crippen LogP contribution in [0.2, 0.25) is 0 Å². The highest BCUT2D eigenvalue weighted by Crippen LogP contribution is 2.28. The summed E-state index contributed by atoms with van der Waals surface area (Å²) in [7, 11) is 0. The summed E-state index contributed by atoms with van der Waals surface area (Å²) in [5, 5.41) is 4.04. The van der Waals surface area contributed by atoms with Gasteiger partial charge in [-0.15, -0.1) is 0 Å². The van der Waals surface area contributed by atoms with E-state index in [0.717, 1.165) is 27.7 Å². The lowest BCUT2D eigenvalue weighted by Crippen LogP contribution is -2.20. The van der Waals surface area contributed by atoms with Crippen molar-refractivity contribution in [3.63, 3.8) is 0 Å². The molecule has 0 spiro atoms. The third kappa shape index (κ3) is 3.09. The molecule has 2 aromatic heterocycles. The fourth-order valence-electron chi connectivity index (χ4n) is 3.16. The maximum Gasteiger partial charge on any atom is 0.245 e. The lowest BCUT2D eigenvalue weighted by molar-refractivity contribution is -0.116. The molecule has 0 aliphatic carbocycles. The predicted octanol–water partition coefficient (Wildman–Crippen LogP) is 4.65. The van der Waals surface area contributed by atoms with Crippen LogP contribution in [0.15, 0.2) is 79.0 Å². The van der Waals surface area contributed by atoms with Gasteiger partial charge in [0.25, 0.3) is 0 Å². The van der Waals surface area contributed by atoms with Crippen LogP contribution in [-0.2, 0) is 11.3 Å². The molecule has 0 saturated carbocycles. The van der Waals surface area contributed by atoms with E-state index in [4.69, 9.17) is 0 Å². The smallest absolute Gasteiger partial charge is 0.245 e. The van der Waals surface area contributed by atoms with Crippen LogP contribution in [0, 0.1) is 6.92 Å². The minimum Gasteiger partial charge on any atom is -0.331 e. The number of fused-ring (bicyclic) bond motifs is 1. The second-order valence-corrected chi connectivity index (χ2v) is 6.26. The number of hydrogen-bond acceptors (Lipinski definition) is 2. The Morgan fingerprint density at radius 1 is 1.00 bits per heavy atom. The number of nitrogens with one attached hydrogen (secondary N) is 1. The maximum absolute atomic E-state index is 12.7. The van der Waals surface area contributed by atoms with Crippen LogP contribution in [0.4, 0.5) is 5.82 Å².